The third kappa shape index (κ3) is 3.16. The maximum Gasteiger partial charge on any atom is 0.0543 e. The van der Waals surface area contributed by atoms with Gasteiger partial charge in [-0.3, -0.25) is 0 Å². The first-order valence-corrected chi connectivity index (χ1v) is 11.6. The second kappa shape index (κ2) is 7.04. The molecular weight excluding hydrogens is 336 g/mol. The topological polar surface area (TPSA) is 60.4 Å². The first kappa shape index (κ1) is 19.7. The average Bonchev–Trinajstić information content (AvgIpc) is 2.97. The van der Waals surface area contributed by atoms with E-state index in [1.165, 1.54) is 44.9 Å². The lowest BCUT2D eigenvalue weighted by Crippen LogP contribution is -2.54. The van der Waals surface area contributed by atoms with Gasteiger partial charge in [0.25, 0.3) is 0 Å². The normalized spacial score (nSPS) is 50.4. The molecule has 3 heteroatoms. The van der Waals surface area contributed by atoms with Crippen LogP contribution < -0.4 is 5.11 Å². The second-order valence-electron chi connectivity index (χ2n) is 11.2. The molecular formula is C24H39O3-. The number of fused-ring (bicyclic) bond motifs is 5. The monoisotopic (exact) mass is 375 g/mol. The Hall–Kier alpha value is -0.570. The Morgan fingerprint density at radius 1 is 1.04 bits per heavy atom. The van der Waals surface area contributed by atoms with E-state index < -0.39 is 5.97 Å². The van der Waals surface area contributed by atoms with Gasteiger partial charge in [0.05, 0.1) is 6.10 Å². The standard InChI is InChI=1S/C24H40O3/c1-15(4-9-22(26)27)19-7-8-20-18-6-5-16-14-17(25)10-12-23(16,2)21(18)11-13-24(19,20)3/h15-21,25H,4-14H2,1-3H3,(H,26,27)/p-1/t15-,16-,17-,18+,19-,20+,21+,23+,24-/m1/s1. The number of rotatable bonds is 4. The predicted octanol–water partition coefficient (Wildman–Crippen LogP) is 4.17. The quantitative estimate of drug-likeness (QED) is 0.802. The summed E-state index contributed by atoms with van der Waals surface area (Å²) in [6, 6.07) is 0. The summed E-state index contributed by atoms with van der Waals surface area (Å²) in [5.74, 6) is 3.55. The van der Waals surface area contributed by atoms with Crippen LogP contribution in [0.4, 0.5) is 0 Å². The van der Waals surface area contributed by atoms with Gasteiger partial charge in [0.15, 0.2) is 0 Å². The minimum atomic E-state index is -0.893. The van der Waals surface area contributed by atoms with Gasteiger partial charge >= 0.3 is 0 Å². The summed E-state index contributed by atoms with van der Waals surface area (Å²) >= 11 is 0. The molecule has 154 valence electrons. The van der Waals surface area contributed by atoms with Gasteiger partial charge < -0.3 is 15.0 Å². The van der Waals surface area contributed by atoms with Crippen molar-refractivity contribution >= 4 is 5.97 Å². The van der Waals surface area contributed by atoms with E-state index in [1.54, 1.807) is 0 Å². The highest BCUT2D eigenvalue weighted by Gasteiger charge is 2.60. The fraction of sp³-hybridized carbons (Fsp3) is 0.958. The number of carboxylic acids is 1. The van der Waals surface area contributed by atoms with Gasteiger partial charge in [-0.15, -0.1) is 0 Å². The zero-order valence-electron chi connectivity index (χ0n) is 17.6. The summed E-state index contributed by atoms with van der Waals surface area (Å²) in [5, 5.41) is 21.1. The average molecular weight is 376 g/mol. The molecule has 4 aliphatic carbocycles. The number of carboxylic acid groups (broad SMARTS) is 1. The van der Waals surface area contributed by atoms with E-state index in [4.69, 9.17) is 0 Å². The Balaban J connectivity index is 1.51. The van der Waals surface area contributed by atoms with Gasteiger partial charge in [0.2, 0.25) is 0 Å². The minimum Gasteiger partial charge on any atom is -0.550 e. The van der Waals surface area contributed by atoms with E-state index in [1.807, 2.05) is 0 Å². The molecule has 27 heavy (non-hydrogen) atoms. The molecule has 0 saturated heterocycles. The highest BCUT2D eigenvalue weighted by molar-refractivity contribution is 5.64. The lowest BCUT2D eigenvalue weighted by atomic mass is 9.44. The highest BCUT2D eigenvalue weighted by atomic mass is 16.4. The van der Waals surface area contributed by atoms with Crippen LogP contribution in [0, 0.1) is 46.3 Å². The van der Waals surface area contributed by atoms with Crippen molar-refractivity contribution in [2.45, 2.75) is 97.5 Å². The van der Waals surface area contributed by atoms with Crippen LogP contribution in [0.25, 0.3) is 0 Å². The van der Waals surface area contributed by atoms with Gasteiger partial charge in [-0.05, 0) is 117 Å². The van der Waals surface area contributed by atoms with Crippen LogP contribution >= 0.6 is 0 Å². The second-order valence-corrected chi connectivity index (χ2v) is 11.2. The molecule has 0 aromatic carbocycles. The van der Waals surface area contributed by atoms with Crippen LogP contribution in [-0.4, -0.2) is 17.2 Å². The molecule has 0 unspecified atom stereocenters. The van der Waals surface area contributed by atoms with Crippen molar-refractivity contribution in [3.63, 3.8) is 0 Å². The summed E-state index contributed by atoms with van der Waals surface area (Å²) in [6.07, 6.45) is 12.2. The fourth-order valence-corrected chi connectivity index (χ4v) is 8.76. The molecule has 0 aromatic rings. The maximum atomic E-state index is 10.9. The molecule has 0 heterocycles. The van der Waals surface area contributed by atoms with Crippen molar-refractivity contribution < 1.29 is 15.0 Å². The van der Waals surface area contributed by atoms with Gasteiger partial charge in [-0.1, -0.05) is 20.8 Å². The SMILES string of the molecule is C[C@H](CCC(=O)[O-])[C@H]1CC[C@H]2[C@@H]3CC[C@@H]4C[C@H](O)CC[C@]4(C)[C@H]3CC[C@]12C. The van der Waals surface area contributed by atoms with Crippen LogP contribution in [0.2, 0.25) is 0 Å². The van der Waals surface area contributed by atoms with E-state index in [-0.39, 0.29) is 12.5 Å². The van der Waals surface area contributed by atoms with Crippen LogP contribution in [-0.2, 0) is 4.79 Å². The third-order valence-corrected chi connectivity index (χ3v) is 10.2. The smallest absolute Gasteiger partial charge is 0.0543 e. The zero-order chi connectivity index (χ0) is 19.4. The molecule has 9 atom stereocenters. The molecule has 0 bridgehead atoms. The Bertz CT molecular complexity index is 574. The largest absolute Gasteiger partial charge is 0.550 e. The molecule has 4 saturated carbocycles. The third-order valence-electron chi connectivity index (χ3n) is 10.2. The molecule has 4 rings (SSSR count). The lowest BCUT2D eigenvalue weighted by Gasteiger charge is -2.61. The Labute approximate surface area is 165 Å². The van der Waals surface area contributed by atoms with Gasteiger partial charge in [0, 0.05) is 5.97 Å². The lowest BCUT2D eigenvalue weighted by molar-refractivity contribution is -0.306. The first-order chi connectivity index (χ1) is 12.8. The van der Waals surface area contributed by atoms with E-state index in [2.05, 4.69) is 20.8 Å². The molecule has 0 aromatic heterocycles. The Morgan fingerprint density at radius 2 is 1.74 bits per heavy atom. The van der Waals surface area contributed by atoms with E-state index in [9.17, 15) is 15.0 Å². The summed E-state index contributed by atoms with van der Waals surface area (Å²) in [7, 11) is 0. The molecule has 0 spiro atoms. The first-order valence-electron chi connectivity index (χ1n) is 11.6. The van der Waals surface area contributed by atoms with Gasteiger partial charge in [-0.2, -0.15) is 0 Å². The zero-order valence-corrected chi connectivity index (χ0v) is 17.6. The Kier molecular flexibility index (Phi) is 5.15. The van der Waals surface area contributed by atoms with Crippen LogP contribution in [0.5, 0.6) is 0 Å². The Morgan fingerprint density at radius 3 is 2.48 bits per heavy atom. The van der Waals surface area contributed by atoms with E-state index in [0.29, 0.717) is 22.7 Å². The number of hydrogen-bond donors (Lipinski definition) is 1. The molecule has 4 aliphatic rings. The summed E-state index contributed by atoms with van der Waals surface area (Å²) in [6.45, 7) is 7.38. The summed E-state index contributed by atoms with van der Waals surface area (Å²) in [5.41, 5.74) is 0.853. The van der Waals surface area contributed by atoms with Crippen molar-refractivity contribution in [3.8, 4) is 0 Å². The molecule has 1 N–H and O–H groups in total. The van der Waals surface area contributed by atoms with Crippen molar-refractivity contribution in [2.24, 2.45) is 46.3 Å². The van der Waals surface area contributed by atoms with Gasteiger partial charge in [0.1, 0.15) is 0 Å². The minimum absolute atomic E-state index is 0.0612. The summed E-state index contributed by atoms with van der Waals surface area (Å²) < 4.78 is 0. The van der Waals surface area contributed by atoms with Crippen LogP contribution in [0.3, 0.4) is 0 Å². The van der Waals surface area contributed by atoms with Crippen molar-refractivity contribution in [3.05, 3.63) is 0 Å². The van der Waals surface area contributed by atoms with Crippen molar-refractivity contribution in [1.29, 1.82) is 0 Å². The summed E-state index contributed by atoms with van der Waals surface area (Å²) in [4.78, 5) is 10.9. The molecule has 3 nitrogen and oxygen atoms in total. The molecule has 4 fully saturated rings. The van der Waals surface area contributed by atoms with Crippen LogP contribution in [0.15, 0.2) is 0 Å². The van der Waals surface area contributed by atoms with Gasteiger partial charge in [-0.25, -0.2) is 0 Å². The number of aliphatic hydroxyl groups excluding tert-OH is 1. The van der Waals surface area contributed by atoms with Crippen molar-refractivity contribution in [2.75, 3.05) is 0 Å². The van der Waals surface area contributed by atoms with E-state index >= 15 is 0 Å². The number of carbonyl (C=O) groups is 1. The predicted molar refractivity (Wildman–Crippen MR) is 105 cm³/mol. The van der Waals surface area contributed by atoms with Crippen molar-refractivity contribution in [1.82, 2.24) is 0 Å². The molecule has 0 radical (unpaired) electrons. The van der Waals surface area contributed by atoms with E-state index in [0.717, 1.165) is 42.9 Å². The fourth-order valence-electron chi connectivity index (χ4n) is 8.76. The number of hydrogen-bond acceptors (Lipinski definition) is 3. The number of aliphatic carboxylic acids is 1. The van der Waals surface area contributed by atoms with Crippen LogP contribution in [0.1, 0.15) is 91.4 Å². The number of aliphatic hydroxyl groups is 1. The molecule has 0 amide bonds. The highest BCUT2D eigenvalue weighted by Crippen LogP contribution is 2.68. The number of carbonyl (C=O) groups excluding carboxylic acids is 1. The molecule has 0 aliphatic heterocycles. The maximum absolute atomic E-state index is 10.9.